The highest BCUT2D eigenvalue weighted by molar-refractivity contribution is 5.77. The maximum atomic E-state index is 11.8. The lowest BCUT2D eigenvalue weighted by Gasteiger charge is -2.28. The minimum atomic E-state index is -0.896. The summed E-state index contributed by atoms with van der Waals surface area (Å²) in [5.41, 5.74) is -0.647. The zero-order chi connectivity index (χ0) is 15.2. The van der Waals surface area contributed by atoms with Crippen LogP contribution in [0.15, 0.2) is 0 Å². The number of carboxylic acids is 1. The molecule has 3 N–H and O–H groups in total. The standard InChI is InChI=1S/C15H28N2O3/c1-4-14(3,12(18)19)10-16-13(20)17-11-15(5-2)8-6-7-9-15/h4-11H2,1-3H3,(H,18,19)(H2,16,17,20). The second-order valence-corrected chi connectivity index (χ2v) is 6.32. The molecule has 0 bridgehead atoms. The van der Waals surface area contributed by atoms with E-state index in [1.807, 2.05) is 6.92 Å². The number of rotatable bonds is 7. The number of urea groups is 1. The molecule has 0 spiro atoms. The lowest BCUT2D eigenvalue weighted by molar-refractivity contribution is -0.147. The molecule has 0 aromatic carbocycles. The molecule has 1 aliphatic rings. The Balaban J connectivity index is 2.39. The fourth-order valence-corrected chi connectivity index (χ4v) is 2.74. The molecule has 0 saturated heterocycles. The van der Waals surface area contributed by atoms with Crippen molar-refractivity contribution in [1.82, 2.24) is 10.6 Å². The average molecular weight is 284 g/mol. The van der Waals surface area contributed by atoms with Crippen LogP contribution in [0.1, 0.15) is 59.3 Å². The molecule has 1 rings (SSSR count). The van der Waals surface area contributed by atoms with Gasteiger partial charge in [0.05, 0.1) is 5.41 Å². The maximum Gasteiger partial charge on any atom is 0.314 e. The second kappa shape index (κ2) is 6.95. The predicted molar refractivity (Wildman–Crippen MR) is 78.6 cm³/mol. The minimum Gasteiger partial charge on any atom is -0.481 e. The summed E-state index contributed by atoms with van der Waals surface area (Å²) < 4.78 is 0. The Morgan fingerprint density at radius 2 is 1.80 bits per heavy atom. The third kappa shape index (κ3) is 4.12. The first-order chi connectivity index (χ1) is 9.37. The van der Waals surface area contributed by atoms with E-state index in [1.54, 1.807) is 6.92 Å². The van der Waals surface area contributed by atoms with Crippen molar-refractivity contribution in [1.29, 1.82) is 0 Å². The van der Waals surface area contributed by atoms with Gasteiger partial charge in [0.1, 0.15) is 0 Å². The van der Waals surface area contributed by atoms with Gasteiger partial charge in [0, 0.05) is 13.1 Å². The van der Waals surface area contributed by atoms with Crippen LogP contribution in [-0.4, -0.2) is 30.2 Å². The van der Waals surface area contributed by atoms with Gasteiger partial charge in [-0.3, -0.25) is 4.79 Å². The predicted octanol–water partition coefficient (Wildman–Crippen LogP) is 2.76. The van der Waals surface area contributed by atoms with Crippen LogP contribution < -0.4 is 10.6 Å². The summed E-state index contributed by atoms with van der Waals surface area (Å²) in [6, 6.07) is -0.259. The molecule has 1 saturated carbocycles. The van der Waals surface area contributed by atoms with Crippen LogP contribution in [0.2, 0.25) is 0 Å². The third-order valence-electron chi connectivity index (χ3n) is 4.97. The molecule has 0 aliphatic heterocycles. The van der Waals surface area contributed by atoms with Gasteiger partial charge in [-0.25, -0.2) is 4.79 Å². The zero-order valence-corrected chi connectivity index (χ0v) is 12.9. The van der Waals surface area contributed by atoms with Gasteiger partial charge in [-0.2, -0.15) is 0 Å². The SMILES string of the molecule is CCC1(CNC(=O)NCC(C)(CC)C(=O)O)CCCC1. The summed E-state index contributed by atoms with van der Waals surface area (Å²) in [6.07, 6.45) is 6.39. The molecule has 0 aromatic heterocycles. The topological polar surface area (TPSA) is 78.4 Å². The summed E-state index contributed by atoms with van der Waals surface area (Å²) in [5.74, 6) is -0.874. The molecule has 5 nitrogen and oxygen atoms in total. The zero-order valence-electron chi connectivity index (χ0n) is 12.9. The van der Waals surface area contributed by atoms with Crippen molar-refractivity contribution in [3.8, 4) is 0 Å². The van der Waals surface area contributed by atoms with Gasteiger partial charge in [0.15, 0.2) is 0 Å². The summed E-state index contributed by atoms with van der Waals surface area (Å²) in [6.45, 7) is 6.48. The molecule has 20 heavy (non-hydrogen) atoms. The molecular formula is C15H28N2O3. The largest absolute Gasteiger partial charge is 0.481 e. The lowest BCUT2D eigenvalue weighted by Crippen LogP contribution is -2.46. The number of amides is 2. The highest BCUT2D eigenvalue weighted by Crippen LogP contribution is 2.40. The van der Waals surface area contributed by atoms with Crippen molar-refractivity contribution in [3.05, 3.63) is 0 Å². The van der Waals surface area contributed by atoms with E-state index in [4.69, 9.17) is 5.11 Å². The van der Waals surface area contributed by atoms with Crippen LogP contribution in [0.25, 0.3) is 0 Å². The van der Waals surface area contributed by atoms with Crippen molar-refractivity contribution < 1.29 is 14.7 Å². The van der Waals surface area contributed by atoms with E-state index in [0.29, 0.717) is 13.0 Å². The van der Waals surface area contributed by atoms with Gasteiger partial charge in [-0.1, -0.05) is 26.7 Å². The normalized spacial score (nSPS) is 20.1. The quantitative estimate of drug-likeness (QED) is 0.672. The molecule has 5 heteroatoms. The van der Waals surface area contributed by atoms with Crippen LogP contribution >= 0.6 is 0 Å². The van der Waals surface area contributed by atoms with E-state index < -0.39 is 11.4 Å². The first-order valence-electron chi connectivity index (χ1n) is 7.62. The Kier molecular flexibility index (Phi) is 5.84. The molecule has 1 atom stereocenters. The third-order valence-corrected chi connectivity index (χ3v) is 4.97. The van der Waals surface area contributed by atoms with E-state index in [-0.39, 0.29) is 18.0 Å². The van der Waals surface area contributed by atoms with Crippen molar-refractivity contribution in [3.63, 3.8) is 0 Å². The minimum absolute atomic E-state index is 0.157. The Morgan fingerprint density at radius 3 is 2.25 bits per heavy atom. The van der Waals surface area contributed by atoms with E-state index >= 15 is 0 Å². The fourth-order valence-electron chi connectivity index (χ4n) is 2.74. The number of nitrogens with one attached hydrogen (secondary N) is 2. The van der Waals surface area contributed by atoms with Crippen molar-refractivity contribution >= 4 is 12.0 Å². The molecule has 1 fully saturated rings. The van der Waals surface area contributed by atoms with Gasteiger partial charge in [0.2, 0.25) is 0 Å². The number of hydrogen-bond donors (Lipinski definition) is 3. The molecule has 0 heterocycles. The number of hydrogen-bond acceptors (Lipinski definition) is 2. The number of carbonyl (C=O) groups excluding carboxylic acids is 1. The molecule has 116 valence electrons. The summed E-state index contributed by atoms with van der Waals surface area (Å²) >= 11 is 0. The van der Waals surface area contributed by atoms with Crippen molar-refractivity contribution in [2.45, 2.75) is 59.3 Å². The Morgan fingerprint density at radius 1 is 1.20 bits per heavy atom. The number of aliphatic carboxylic acids is 1. The summed E-state index contributed by atoms with van der Waals surface area (Å²) in [5, 5.41) is 14.8. The Labute approximate surface area is 121 Å². The van der Waals surface area contributed by atoms with E-state index in [1.165, 1.54) is 25.7 Å². The van der Waals surface area contributed by atoms with Crippen LogP contribution in [0, 0.1) is 10.8 Å². The van der Waals surface area contributed by atoms with E-state index in [0.717, 1.165) is 6.42 Å². The van der Waals surface area contributed by atoms with Crippen molar-refractivity contribution in [2.75, 3.05) is 13.1 Å². The first kappa shape index (κ1) is 16.8. The van der Waals surface area contributed by atoms with Gasteiger partial charge < -0.3 is 15.7 Å². The molecular weight excluding hydrogens is 256 g/mol. The highest BCUT2D eigenvalue weighted by Gasteiger charge is 2.33. The van der Waals surface area contributed by atoms with Gasteiger partial charge >= 0.3 is 12.0 Å². The fraction of sp³-hybridized carbons (Fsp3) is 0.867. The van der Waals surface area contributed by atoms with Crippen LogP contribution in [0.3, 0.4) is 0 Å². The summed E-state index contributed by atoms with van der Waals surface area (Å²) in [7, 11) is 0. The van der Waals surface area contributed by atoms with Crippen LogP contribution in [0.5, 0.6) is 0 Å². The summed E-state index contributed by atoms with van der Waals surface area (Å²) in [4.78, 5) is 23.0. The second-order valence-electron chi connectivity index (χ2n) is 6.32. The van der Waals surface area contributed by atoms with Crippen LogP contribution in [-0.2, 0) is 4.79 Å². The average Bonchev–Trinajstić information content (AvgIpc) is 2.91. The Hall–Kier alpha value is -1.26. The van der Waals surface area contributed by atoms with Crippen LogP contribution in [0.4, 0.5) is 4.79 Å². The highest BCUT2D eigenvalue weighted by atomic mass is 16.4. The van der Waals surface area contributed by atoms with Gasteiger partial charge in [-0.05, 0) is 38.0 Å². The molecule has 0 radical (unpaired) electrons. The van der Waals surface area contributed by atoms with E-state index in [9.17, 15) is 9.59 Å². The first-order valence-corrected chi connectivity index (χ1v) is 7.62. The van der Waals surface area contributed by atoms with Gasteiger partial charge in [-0.15, -0.1) is 0 Å². The Bertz CT molecular complexity index is 351. The molecule has 1 aliphatic carbocycles. The lowest BCUT2D eigenvalue weighted by atomic mass is 9.83. The monoisotopic (exact) mass is 284 g/mol. The molecule has 0 aromatic rings. The molecule has 1 unspecified atom stereocenters. The maximum absolute atomic E-state index is 11.8. The van der Waals surface area contributed by atoms with Crippen molar-refractivity contribution in [2.24, 2.45) is 10.8 Å². The number of carbonyl (C=O) groups is 2. The molecule has 2 amide bonds. The van der Waals surface area contributed by atoms with Gasteiger partial charge in [0.25, 0.3) is 0 Å². The van der Waals surface area contributed by atoms with E-state index in [2.05, 4.69) is 17.6 Å². The number of carboxylic acid groups (broad SMARTS) is 1. The smallest absolute Gasteiger partial charge is 0.314 e.